The van der Waals surface area contributed by atoms with Crippen molar-refractivity contribution in [3.63, 3.8) is 0 Å². The molecule has 0 aliphatic carbocycles. The molecule has 0 atom stereocenters. The number of hydrogen-bond donors (Lipinski definition) is 3. The van der Waals surface area contributed by atoms with Crippen molar-refractivity contribution in [1.29, 1.82) is 0 Å². The molecule has 0 unspecified atom stereocenters. The van der Waals surface area contributed by atoms with Gasteiger partial charge in [-0.05, 0) is 7.05 Å². The zero-order valence-corrected chi connectivity index (χ0v) is 10.2. The summed E-state index contributed by atoms with van der Waals surface area (Å²) in [4.78, 5) is 28.3. The predicted octanol–water partition coefficient (Wildman–Crippen LogP) is -2.01. The Bertz CT molecular complexity index is 237. The molecule has 0 aromatic rings. The van der Waals surface area contributed by atoms with Gasteiger partial charge in [-0.25, -0.2) is 5.84 Å². The number of rotatable bonds is 9. The van der Waals surface area contributed by atoms with Crippen LogP contribution in [0.1, 0.15) is 6.42 Å². The van der Waals surface area contributed by atoms with E-state index in [4.69, 9.17) is 10.6 Å². The van der Waals surface area contributed by atoms with Crippen molar-refractivity contribution < 1.29 is 19.2 Å². The fraction of sp³-hybridized carbons (Fsp3) is 0.778. The van der Waals surface area contributed by atoms with E-state index in [1.54, 1.807) is 24.6 Å². The van der Waals surface area contributed by atoms with E-state index < -0.39 is 5.97 Å². The molecule has 0 heterocycles. The van der Waals surface area contributed by atoms with Crippen LogP contribution in [0.2, 0.25) is 0 Å². The minimum absolute atomic E-state index is 0.116. The van der Waals surface area contributed by atoms with Crippen molar-refractivity contribution in [2.24, 2.45) is 5.84 Å². The molecule has 8 heteroatoms. The minimum Gasteiger partial charge on any atom is -0.383 e. The highest BCUT2D eigenvalue weighted by Crippen LogP contribution is 1.89. The number of hydrogen-bond acceptors (Lipinski definition) is 7. The highest BCUT2D eigenvalue weighted by atomic mass is 16.7. The van der Waals surface area contributed by atoms with Gasteiger partial charge in [-0.3, -0.25) is 14.5 Å². The summed E-state index contributed by atoms with van der Waals surface area (Å²) in [6.45, 7) is 1.58. The molecule has 0 saturated carbocycles. The maximum absolute atomic E-state index is 11.3. The van der Waals surface area contributed by atoms with Crippen LogP contribution in [0.25, 0.3) is 0 Å². The molecule has 4 N–H and O–H groups in total. The van der Waals surface area contributed by atoms with Gasteiger partial charge >= 0.3 is 5.97 Å². The summed E-state index contributed by atoms with van der Waals surface area (Å²) in [6, 6.07) is 0. The van der Waals surface area contributed by atoms with Gasteiger partial charge in [0.15, 0.2) is 0 Å². The van der Waals surface area contributed by atoms with Crippen LogP contribution < -0.4 is 16.7 Å². The lowest BCUT2D eigenvalue weighted by Crippen LogP contribution is -2.37. The number of nitrogens with two attached hydrogens (primary N) is 1. The zero-order valence-electron chi connectivity index (χ0n) is 10.2. The Balaban J connectivity index is 3.59. The summed E-state index contributed by atoms with van der Waals surface area (Å²) in [7, 11) is 3.30. The second kappa shape index (κ2) is 9.97. The lowest BCUT2D eigenvalue weighted by Gasteiger charge is -2.15. The van der Waals surface area contributed by atoms with Crippen LogP contribution in [-0.2, 0) is 19.2 Å². The standard InChI is InChI=1S/C9H20N4O4/c1-13(5-3-9(15)17-12-10)7-8(14)11-4-6-16-2/h12H,3-7,10H2,1-2H3,(H,11,14). The van der Waals surface area contributed by atoms with Gasteiger partial charge in [-0.2, -0.15) is 0 Å². The summed E-state index contributed by atoms with van der Waals surface area (Å²) in [5, 5.41) is 2.67. The summed E-state index contributed by atoms with van der Waals surface area (Å²) >= 11 is 0. The monoisotopic (exact) mass is 248 g/mol. The third kappa shape index (κ3) is 9.69. The van der Waals surface area contributed by atoms with Crippen molar-refractivity contribution in [2.45, 2.75) is 6.42 Å². The Morgan fingerprint density at radius 2 is 2.12 bits per heavy atom. The van der Waals surface area contributed by atoms with Gasteiger partial charge < -0.3 is 14.9 Å². The minimum atomic E-state index is -0.473. The molecule has 1 amide bonds. The SMILES string of the molecule is COCCNC(=O)CN(C)CCC(=O)ONN. The van der Waals surface area contributed by atoms with Gasteiger partial charge in [0.1, 0.15) is 0 Å². The highest BCUT2D eigenvalue weighted by molar-refractivity contribution is 5.78. The maximum Gasteiger partial charge on any atom is 0.327 e. The van der Waals surface area contributed by atoms with Crippen molar-refractivity contribution >= 4 is 11.9 Å². The van der Waals surface area contributed by atoms with E-state index in [1.165, 1.54) is 0 Å². The second-order valence-corrected chi connectivity index (χ2v) is 3.42. The molecule has 0 aromatic heterocycles. The molecule has 0 saturated heterocycles. The van der Waals surface area contributed by atoms with Crippen LogP contribution >= 0.6 is 0 Å². The van der Waals surface area contributed by atoms with Crippen LogP contribution in [0.4, 0.5) is 0 Å². The van der Waals surface area contributed by atoms with E-state index in [-0.39, 0.29) is 18.9 Å². The number of methoxy groups -OCH3 is 1. The molecule has 0 bridgehead atoms. The molecule has 8 nitrogen and oxygen atoms in total. The smallest absolute Gasteiger partial charge is 0.327 e. The summed E-state index contributed by atoms with van der Waals surface area (Å²) < 4.78 is 4.79. The van der Waals surface area contributed by atoms with Crippen molar-refractivity contribution in [1.82, 2.24) is 15.8 Å². The van der Waals surface area contributed by atoms with Crippen molar-refractivity contribution in [3.05, 3.63) is 0 Å². The number of nitrogens with one attached hydrogen (secondary N) is 2. The van der Waals surface area contributed by atoms with E-state index in [0.717, 1.165) is 0 Å². The first kappa shape index (κ1) is 15.8. The average Bonchev–Trinajstić information content (AvgIpc) is 2.27. The predicted molar refractivity (Wildman–Crippen MR) is 60.4 cm³/mol. The third-order valence-electron chi connectivity index (χ3n) is 1.91. The third-order valence-corrected chi connectivity index (χ3v) is 1.91. The molecule has 0 aromatic carbocycles. The molecule has 0 aliphatic rings. The Hall–Kier alpha value is -1.22. The number of hydrazine groups is 1. The van der Waals surface area contributed by atoms with E-state index >= 15 is 0 Å². The molecular formula is C9H20N4O4. The van der Waals surface area contributed by atoms with Crippen molar-refractivity contribution in [2.75, 3.05) is 40.4 Å². The first-order valence-corrected chi connectivity index (χ1v) is 5.19. The van der Waals surface area contributed by atoms with Gasteiger partial charge in [0, 0.05) is 20.2 Å². The first-order chi connectivity index (χ1) is 8.10. The fourth-order valence-electron chi connectivity index (χ4n) is 1.07. The number of ether oxygens (including phenoxy) is 1. The van der Waals surface area contributed by atoms with Gasteiger partial charge in [0.25, 0.3) is 0 Å². The topological polar surface area (TPSA) is 106 Å². The van der Waals surface area contributed by atoms with Crippen LogP contribution in [0, 0.1) is 0 Å². The highest BCUT2D eigenvalue weighted by Gasteiger charge is 2.08. The van der Waals surface area contributed by atoms with Crippen molar-refractivity contribution in [3.8, 4) is 0 Å². The van der Waals surface area contributed by atoms with Crippen LogP contribution in [0.5, 0.6) is 0 Å². The Labute approximate surface area is 100 Å². The Morgan fingerprint density at radius 1 is 1.41 bits per heavy atom. The molecule has 0 rings (SSSR count). The van der Waals surface area contributed by atoms with Gasteiger partial charge in [0.05, 0.1) is 19.6 Å². The molecule has 0 spiro atoms. The van der Waals surface area contributed by atoms with E-state index in [2.05, 4.69) is 10.2 Å². The first-order valence-electron chi connectivity index (χ1n) is 5.19. The van der Waals surface area contributed by atoms with E-state index in [0.29, 0.717) is 19.7 Å². The molecule has 0 aliphatic heterocycles. The Morgan fingerprint density at radius 3 is 2.71 bits per heavy atom. The fourth-order valence-corrected chi connectivity index (χ4v) is 1.07. The summed E-state index contributed by atoms with van der Waals surface area (Å²) in [6.07, 6.45) is 0.159. The van der Waals surface area contributed by atoms with E-state index in [9.17, 15) is 9.59 Å². The largest absolute Gasteiger partial charge is 0.383 e. The van der Waals surface area contributed by atoms with Crippen LogP contribution in [0.3, 0.4) is 0 Å². The van der Waals surface area contributed by atoms with E-state index in [1.807, 2.05) is 0 Å². The lowest BCUT2D eigenvalue weighted by molar-refractivity contribution is -0.151. The number of nitrogens with zero attached hydrogens (tertiary/aromatic N) is 1. The average molecular weight is 248 g/mol. The zero-order chi connectivity index (χ0) is 13.1. The Kier molecular flexibility index (Phi) is 9.25. The van der Waals surface area contributed by atoms with Crippen LogP contribution in [0.15, 0.2) is 0 Å². The summed E-state index contributed by atoms with van der Waals surface area (Å²) in [5.41, 5.74) is 1.81. The van der Waals surface area contributed by atoms with Crippen LogP contribution in [-0.4, -0.2) is 57.2 Å². The van der Waals surface area contributed by atoms with Gasteiger partial charge in [-0.15, -0.1) is 0 Å². The normalized spacial score (nSPS) is 10.4. The molecule has 100 valence electrons. The quantitative estimate of drug-likeness (QED) is 0.246. The number of carbonyl (C=O) groups excluding carboxylic acids is 2. The number of amides is 1. The number of likely N-dealkylation sites (N-methyl/N-ethyl adjacent to an activating group) is 1. The molecule has 17 heavy (non-hydrogen) atoms. The van der Waals surface area contributed by atoms with Gasteiger partial charge in [-0.1, -0.05) is 5.59 Å². The van der Waals surface area contributed by atoms with Gasteiger partial charge in [0.2, 0.25) is 5.91 Å². The second-order valence-electron chi connectivity index (χ2n) is 3.42. The maximum atomic E-state index is 11.3. The molecular weight excluding hydrogens is 228 g/mol. The molecule has 0 radical (unpaired) electrons. The lowest BCUT2D eigenvalue weighted by atomic mass is 10.4. The number of carbonyl (C=O) groups is 2. The molecule has 0 fully saturated rings. The summed E-state index contributed by atoms with van der Waals surface area (Å²) in [5.74, 6) is 4.21.